The van der Waals surface area contributed by atoms with Crippen molar-refractivity contribution in [3.63, 3.8) is 0 Å². The van der Waals surface area contributed by atoms with E-state index in [0.717, 1.165) is 31.9 Å². The molecule has 1 fully saturated rings. The predicted molar refractivity (Wildman–Crippen MR) is 91.7 cm³/mol. The van der Waals surface area contributed by atoms with Crippen LogP contribution in [0.15, 0.2) is 48.5 Å². The molecular weight excluding hydrogens is 272 g/mol. The molecule has 0 bridgehead atoms. The van der Waals surface area contributed by atoms with Crippen LogP contribution in [0.4, 0.5) is 5.69 Å². The van der Waals surface area contributed by atoms with Crippen molar-refractivity contribution >= 4 is 5.69 Å². The highest BCUT2D eigenvalue weighted by Crippen LogP contribution is 2.25. The molecule has 0 aromatic heterocycles. The van der Waals surface area contributed by atoms with Crippen molar-refractivity contribution in [2.24, 2.45) is 0 Å². The van der Waals surface area contributed by atoms with Gasteiger partial charge in [-0.25, -0.2) is 0 Å². The zero-order valence-corrected chi connectivity index (χ0v) is 13.2. The Hall–Kier alpha value is -2.00. The van der Waals surface area contributed by atoms with Crippen LogP contribution in [-0.4, -0.2) is 26.2 Å². The van der Waals surface area contributed by atoms with Crippen LogP contribution in [0.2, 0.25) is 0 Å². The molecule has 22 heavy (non-hydrogen) atoms. The zero-order chi connectivity index (χ0) is 15.2. The summed E-state index contributed by atoms with van der Waals surface area (Å²) in [5, 5.41) is 3.45. The fourth-order valence-electron chi connectivity index (χ4n) is 2.90. The number of nitrogens with one attached hydrogen (secondary N) is 1. The average molecular weight is 296 g/mol. The lowest BCUT2D eigenvalue weighted by Gasteiger charge is -2.24. The second-order valence-corrected chi connectivity index (χ2v) is 5.81. The van der Waals surface area contributed by atoms with E-state index in [0.29, 0.717) is 6.61 Å². The van der Waals surface area contributed by atoms with Crippen LogP contribution in [-0.2, 0) is 6.61 Å². The number of rotatable bonds is 4. The van der Waals surface area contributed by atoms with Gasteiger partial charge < -0.3 is 15.0 Å². The van der Waals surface area contributed by atoms with Gasteiger partial charge in [0, 0.05) is 25.3 Å². The lowest BCUT2D eigenvalue weighted by atomic mass is 10.1. The average Bonchev–Trinajstić information content (AvgIpc) is 2.83. The Morgan fingerprint density at radius 3 is 2.73 bits per heavy atom. The Morgan fingerprint density at radius 1 is 1.05 bits per heavy atom. The third kappa shape index (κ3) is 3.80. The van der Waals surface area contributed by atoms with Crippen molar-refractivity contribution in [1.82, 2.24) is 5.32 Å². The predicted octanol–water partition coefficient (Wildman–Crippen LogP) is 3.37. The molecule has 1 N–H and O–H groups in total. The molecule has 0 radical (unpaired) electrons. The molecule has 0 spiro atoms. The topological polar surface area (TPSA) is 24.5 Å². The molecule has 2 aromatic carbocycles. The minimum absolute atomic E-state index is 0.618. The van der Waals surface area contributed by atoms with Crippen LogP contribution >= 0.6 is 0 Å². The summed E-state index contributed by atoms with van der Waals surface area (Å²) in [6, 6.07) is 16.7. The highest BCUT2D eigenvalue weighted by molar-refractivity contribution is 5.56. The van der Waals surface area contributed by atoms with Gasteiger partial charge in [-0.2, -0.15) is 0 Å². The lowest BCUT2D eigenvalue weighted by molar-refractivity contribution is 0.306. The van der Waals surface area contributed by atoms with Crippen molar-refractivity contribution in [3.8, 4) is 5.75 Å². The van der Waals surface area contributed by atoms with E-state index in [4.69, 9.17) is 4.74 Å². The first kappa shape index (κ1) is 14.9. The number of anilines is 1. The summed E-state index contributed by atoms with van der Waals surface area (Å²) in [4.78, 5) is 2.47. The first-order valence-electron chi connectivity index (χ1n) is 8.06. The van der Waals surface area contributed by atoms with Gasteiger partial charge in [-0.1, -0.05) is 30.3 Å². The molecule has 0 atom stereocenters. The molecule has 1 saturated heterocycles. The Bertz CT molecular complexity index is 590. The number of ether oxygens (including phenoxy) is 1. The molecule has 3 rings (SSSR count). The Kier molecular flexibility index (Phi) is 4.96. The van der Waals surface area contributed by atoms with Crippen molar-refractivity contribution < 1.29 is 4.74 Å². The molecule has 1 aliphatic heterocycles. The van der Waals surface area contributed by atoms with Gasteiger partial charge in [0.1, 0.15) is 12.4 Å². The Balaban J connectivity index is 1.66. The second kappa shape index (κ2) is 7.32. The second-order valence-electron chi connectivity index (χ2n) is 5.81. The molecule has 1 aliphatic rings. The molecular formula is C19H24N2O. The Morgan fingerprint density at radius 2 is 1.91 bits per heavy atom. The van der Waals surface area contributed by atoms with E-state index in [2.05, 4.69) is 47.5 Å². The largest absolute Gasteiger partial charge is 0.489 e. The van der Waals surface area contributed by atoms with E-state index in [-0.39, 0.29) is 0 Å². The third-order valence-corrected chi connectivity index (χ3v) is 4.10. The highest BCUT2D eigenvalue weighted by atomic mass is 16.5. The molecule has 0 amide bonds. The monoisotopic (exact) mass is 296 g/mol. The van der Waals surface area contributed by atoms with Crippen LogP contribution in [0.25, 0.3) is 0 Å². The third-order valence-electron chi connectivity index (χ3n) is 4.10. The summed E-state index contributed by atoms with van der Waals surface area (Å²) in [6.45, 7) is 7.17. The Labute approximate surface area is 132 Å². The van der Waals surface area contributed by atoms with Gasteiger partial charge in [-0.15, -0.1) is 0 Å². The van der Waals surface area contributed by atoms with Crippen LogP contribution in [0.3, 0.4) is 0 Å². The lowest BCUT2D eigenvalue weighted by Crippen LogP contribution is -2.28. The maximum atomic E-state index is 5.91. The summed E-state index contributed by atoms with van der Waals surface area (Å²) < 4.78 is 5.91. The highest BCUT2D eigenvalue weighted by Gasteiger charge is 2.12. The first-order valence-corrected chi connectivity index (χ1v) is 8.06. The summed E-state index contributed by atoms with van der Waals surface area (Å²) in [5.74, 6) is 0.943. The van der Waals surface area contributed by atoms with Gasteiger partial charge in [0.05, 0.1) is 0 Å². The van der Waals surface area contributed by atoms with Crippen LogP contribution < -0.4 is 15.0 Å². The summed E-state index contributed by atoms with van der Waals surface area (Å²) >= 11 is 0. The molecule has 2 aromatic rings. The number of benzene rings is 2. The van der Waals surface area contributed by atoms with E-state index < -0.39 is 0 Å². The molecule has 116 valence electrons. The fraction of sp³-hybridized carbons (Fsp3) is 0.368. The maximum absolute atomic E-state index is 5.91. The van der Waals surface area contributed by atoms with Gasteiger partial charge in [0.25, 0.3) is 0 Å². The zero-order valence-electron chi connectivity index (χ0n) is 13.2. The SMILES string of the molecule is Cc1cc(OCc2ccccc2)ccc1N1CCCNCC1. The van der Waals surface area contributed by atoms with E-state index in [9.17, 15) is 0 Å². The maximum Gasteiger partial charge on any atom is 0.120 e. The van der Waals surface area contributed by atoms with Crippen molar-refractivity contribution in [1.29, 1.82) is 0 Å². The summed E-state index contributed by atoms with van der Waals surface area (Å²) in [5.41, 5.74) is 3.81. The molecule has 3 nitrogen and oxygen atoms in total. The normalized spacial score (nSPS) is 15.4. The molecule has 0 saturated carbocycles. The van der Waals surface area contributed by atoms with E-state index in [1.807, 2.05) is 18.2 Å². The summed E-state index contributed by atoms with van der Waals surface area (Å²) in [7, 11) is 0. The van der Waals surface area contributed by atoms with Crippen molar-refractivity contribution in [3.05, 3.63) is 59.7 Å². The minimum Gasteiger partial charge on any atom is -0.489 e. The number of hydrogen-bond donors (Lipinski definition) is 1. The minimum atomic E-state index is 0.618. The number of nitrogens with zero attached hydrogens (tertiary/aromatic N) is 1. The molecule has 0 unspecified atom stereocenters. The molecule has 1 heterocycles. The summed E-state index contributed by atoms with van der Waals surface area (Å²) in [6.07, 6.45) is 1.20. The van der Waals surface area contributed by atoms with Gasteiger partial charge in [-0.3, -0.25) is 0 Å². The van der Waals surface area contributed by atoms with E-state index in [1.54, 1.807) is 0 Å². The van der Waals surface area contributed by atoms with Crippen molar-refractivity contribution in [2.45, 2.75) is 20.0 Å². The molecule has 3 heteroatoms. The fourth-order valence-corrected chi connectivity index (χ4v) is 2.90. The van der Waals surface area contributed by atoms with Crippen LogP contribution in [0.5, 0.6) is 5.75 Å². The molecule has 0 aliphatic carbocycles. The van der Waals surface area contributed by atoms with Gasteiger partial charge in [-0.05, 0) is 49.2 Å². The standard InChI is InChI=1S/C19H24N2O/c1-16-14-18(22-15-17-6-3-2-4-7-17)8-9-19(16)21-12-5-10-20-11-13-21/h2-4,6-9,14,20H,5,10-13,15H2,1H3. The van der Waals surface area contributed by atoms with Crippen LogP contribution in [0.1, 0.15) is 17.5 Å². The number of hydrogen-bond acceptors (Lipinski definition) is 3. The smallest absolute Gasteiger partial charge is 0.120 e. The van der Waals surface area contributed by atoms with Crippen molar-refractivity contribution in [2.75, 3.05) is 31.1 Å². The van der Waals surface area contributed by atoms with E-state index >= 15 is 0 Å². The van der Waals surface area contributed by atoms with Crippen LogP contribution in [0, 0.1) is 6.92 Å². The van der Waals surface area contributed by atoms with Gasteiger partial charge >= 0.3 is 0 Å². The quantitative estimate of drug-likeness (QED) is 0.936. The van der Waals surface area contributed by atoms with Gasteiger partial charge in [0.15, 0.2) is 0 Å². The van der Waals surface area contributed by atoms with Gasteiger partial charge in [0.2, 0.25) is 0 Å². The van der Waals surface area contributed by atoms with E-state index in [1.165, 1.54) is 23.2 Å². The first-order chi connectivity index (χ1) is 10.8. The number of aryl methyl sites for hydroxylation is 1.